The molecule has 0 saturated carbocycles. The highest BCUT2D eigenvalue weighted by Gasteiger charge is 2.00. The molecule has 0 saturated heterocycles. The zero-order valence-electron chi connectivity index (χ0n) is 7.05. The SMILES string of the molecule is N#Cc1ccnc(-n2cc(I)cn2)c1. The minimum atomic E-state index is 0.584. The summed E-state index contributed by atoms with van der Waals surface area (Å²) < 4.78 is 2.68. The molecule has 2 heterocycles. The Morgan fingerprint density at radius 1 is 1.50 bits per heavy atom. The van der Waals surface area contributed by atoms with Crippen LogP contribution in [-0.2, 0) is 0 Å². The second kappa shape index (κ2) is 3.75. The van der Waals surface area contributed by atoms with Gasteiger partial charge in [-0.15, -0.1) is 0 Å². The van der Waals surface area contributed by atoms with Crippen molar-refractivity contribution >= 4 is 22.6 Å². The van der Waals surface area contributed by atoms with E-state index in [9.17, 15) is 0 Å². The van der Waals surface area contributed by atoms with Gasteiger partial charge in [0.25, 0.3) is 0 Å². The van der Waals surface area contributed by atoms with E-state index in [1.807, 2.05) is 6.20 Å². The van der Waals surface area contributed by atoms with Crippen molar-refractivity contribution in [2.75, 3.05) is 0 Å². The van der Waals surface area contributed by atoms with E-state index in [1.165, 1.54) is 0 Å². The van der Waals surface area contributed by atoms with Crippen LogP contribution in [0.1, 0.15) is 5.56 Å². The lowest BCUT2D eigenvalue weighted by Gasteiger charge is -1.98. The van der Waals surface area contributed by atoms with Gasteiger partial charge in [0.1, 0.15) is 0 Å². The summed E-state index contributed by atoms with van der Waals surface area (Å²) in [5.41, 5.74) is 0.584. The predicted molar refractivity (Wildman–Crippen MR) is 58.8 cm³/mol. The normalized spacial score (nSPS) is 9.71. The van der Waals surface area contributed by atoms with Crippen LogP contribution in [0.2, 0.25) is 0 Å². The van der Waals surface area contributed by atoms with E-state index in [0.29, 0.717) is 11.4 Å². The Balaban J connectivity index is 2.47. The zero-order valence-corrected chi connectivity index (χ0v) is 9.21. The Kier molecular flexibility index (Phi) is 2.45. The van der Waals surface area contributed by atoms with E-state index in [1.54, 1.807) is 29.2 Å². The van der Waals surface area contributed by atoms with Crippen molar-refractivity contribution < 1.29 is 0 Å². The summed E-state index contributed by atoms with van der Waals surface area (Å²) in [5, 5.41) is 12.8. The van der Waals surface area contributed by atoms with Gasteiger partial charge in [-0.05, 0) is 28.7 Å². The maximum atomic E-state index is 8.71. The number of pyridine rings is 1. The van der Waals surface area contributed by atoms with Crippen LogP contribution < -0.4 is 0 Å². The average Bonchev–Trinajstić information content (AvgIpc) is 2.65. The van der Waals surface area contributed by atoms with Gasteiger partial charge in [0.05, 0.1) is 21.4 Å². The third kappa shape index (κ3) is 1.75. The van der Waals surface area contributed by atoms with Crippen LogP contribution in [0.5, 0.6) is 0 Å². The summed E-state index contributed by atoms with van der Waals surface area (Å²) in [4.78, 5) is 4.12. The van der Waals surface area contributed by atoms with Crippen LogP contribution >= 0.6 is 22.6 Å². The van der Waals surface area contributed by atoms with Crippen LogP contribution in [0, 0.1) is 14.9 Å². The predicted octanol–water partition coefficient (Wildman–Crippen LogP) is 1.74. The fraction of sp³-hybridized carbons (Fsp3) is 0. The second-order valence-electron chi connectivity index (χ2n) is 2.62. The standard InChI is InChI=1S/C9H5IN4/c10-8-5-13-14(6-8)9-3-7(4-11)1-2-12-9/h1-3,5-6H. The third-order valence-electron chi connectivity index (χ3n) is 1.66. The molecule has 14 heavy (non-hydrogen) atoms. The van der Waals surface area contributed by atoms with Gasteiger partial charge in [0.2, 0.25) is 0 Å². The number of hydrogen-bond acceptors (Lipinski definition) is 3. The van der Waals surface area contributed by atoms with Gasteiger partial charge in [-0.25, -0.2) is 9.67 Å². The summed E-state index contributed by atoms with van der Waals surface area (Å²) in [6.07, 6.45) is 5.19. The number of rotatable bonds is 1. The number of hydrogen-bond donors (Lipinski definition) is 0. The van der Waals surface area contributed by atoms with Gasteiger partial charge < -0.3 is 0 Å². The van der Waals surface area contributed by atoms with Crippen LogP contribution in [0.4, 0.5) is 0 Å². The summed E-state index contributed by atoms with van der Waals surface area (Å²) in [6, 6.07) is 5.42. The molecule has 0 atom stereocenters. The highest BCUT2D eigenvalue weighted by molar-refractivity contribution is 14.1. The highest BCUT2D eigenvalue weighted by atomic mass is 127. The molecule has 2 aromatic rings. The Labute approximate surface area is 94.3 Å². The molecule has 0 amide bonds. The Morgan fingerprint density at radius 3 is 3.00 bits per heavy atom. The lowest BCUT2D eigenvalue weighted by Crippen LogP contribution is -1.97. The topological polar surface area (TPSA) is 54.5 Å². The lowest BCUT2D eigenvalue weighted by molar-refractivity contribution is 0.846. The molecule has 0 aromatic carbocycles. The molecule has 0 aliphatic heterocycles. The van der Waals surface area contributed by atoms with Crippen LogP contribution in [0.3, 0.4) is 0 Å². The number of nitriles is 1. The quantitative estimate of drug-likeness (QED) is 0.753. The van der Waals surface area contributed by atoms with E-state index in [0.717, 1.165) is 3.57 Å². The molecule has 2 aromatic heterocycles. The first-order valence-electron chi connectivity index (χ1n) is 3.86. The number of halogens is 1. The maximum Gasteiger partial charge on any atom is 0.154 e. The molecule has 0 N–H and O–H groups in total. The Bertz CT molecular complexity index is 498. The molecule has 4 nitrogen and oxygen atoms in total. The Morgan fingerprint density at radius 2 is 2.36 bits per heavy atom. The fourth-order valence-electron chi connectivity index (χ4n) is 1.04. The van der Waals surface area contributed by atoms with Gasteiger partial charge >= 0.3 is 0 Å². The average molecular weight is 296 g/mol. The number of aromatic nitrogens is 3. The van der Waals surface area contributed by atoms with Crippen molar-refractivity contribution in [1.82, 2.24) is 14.8 Å². The fourth-order valence-corrected chi connectivity index (χ4v) is 1.43. The summed E-state index contributed by atoms with van der Waals surface area (Å²) in [7, 11) is 0. The molecule has 0 aliphatic carbocycles. The zero-order chi connectivity index (χ0) is 9.97. The van der Waals surface area contributed by atoms with Gasteiger partial charge in [-0.2, -0.15) is 10.4 Å². The molecule has 0 spiro atoms. The Hall–Kier alpha value is -1.42. The van der Waals surface area contributed by atoms with Crippen molar-refractivity contribution in [3.8, 4) is 11.9 Å². The molecule has 0 fully saturated rings. The molecular weight excluding hydrogens is 291 g/mol. The van der Waals surface area contributed by atoms with E-state index in [-0.39, 0.29) is 0 Å². The van der Waals surface area contributed by atoms with Gasteiger partial charge in [-0.1, -0.05) is 0 Å². The molecule has 0 aliphatic rings. The van der Waals surface area contributed by atoms with Crippen molar-refractivity contribution in [2.45, 2.75) is 0 Å². The van der Waals surface area contributed by atoms with Gasteiger partial charge in [-0.3, -0.25) is 0 Å². The molecule has 68 valence electrons. The minimum absolute atomic E-state index is 0.584. The van der Waals surface area contributed by atoms with Gasteiger partial charge in [0, 0.05) is 18.5 Å². The minimum Gasteiger partial charge on any atom is -0.237 e. The number of nitrogens with zero attached hydrogens (tertiary/aromatic N) is 4. The van der Waals surface area contributed by atoms with E-state index in [2.05, 4.69) is 38.7 Å². The van der Waals surface area contributed by atoms with Crippen molar-refractivity contribution in [1.29, 1.82) is 5.26 Å². The van der Waals surface area contributed by atoms with Gasteiger partial charge in [0.15, 0.2) is 5.82 Å². The smallest absolute Gasteiger partial charge is 0.154 e. The monoisotopic (exact) mass is 296 g/mol. The summed E-state index contributed by atoms with van der Waals surface area (Å²) in [6.45, 7) is 0. The lowest BCUT2D eigenvalue weighted by atomic mass is 10.3. The first-order valence-corrected chi connectivity index (χ1v) is 4.94. The van der Waals surface area contributed by atoms with E-state index < -0.39 is 0 Å². The highest BCUT2D eigenvalue weighted by Crippen LogP contribution is 2.08. The molecule has 0 unspecified atom stereocenters. The summed E-state index contributed by atoms with van der Waals surface area (Å²) >= 11 is 2.17. The van der Waals surface area contributed by atoms with Crippen molar-refractivity contribution in [3.05, 3.63) is 39.9 Å². The van der Waals surface area contributed by atoms with E-state index in [4.69, 9.17) is 5.26 Å². The van der Waals surface area contributed by atoms with Crippen LogP contribution in [0.25, 0.3) is 5.82 Å². The molecular formula is C9H5IN4. The first kappa shape index (κ1) is 9.15. The molecule has 5 heteroatoms. The van der Waals surface area contributed by atoms with Crippen molar-refractivity contribution in [3.63, 3.8) is 0 Å². The largest absolute Gasteiger partial charge is 0.237 e. The van der Waals surface area contributed by atoms with Crippen molar-refractivity contribution in [2.24, 2.45) is 0 Å². The third-order valence-corrected chi connectivity index (χ3v) is 2.22. The van der Waals surface area contributed by atoms with E-state index >= 15 is 0 Å². The summed E-state index contributed by atoms with van der Waals surface area (Å²) in [5.74, 6) is 0.659. The molecule has 0 radical (unpaired) electrons. The van der Waals surface area contributed by atoms with Crippen LogP contribution in [-0.4, -0.2) is 14.8 Å². The molecule has 0 bridgehead atoms. The van der Waals surface area contributed by atoms with Crippen LogP contribution in [0.15, 0.2) is 30.7 Å². The molecule has 2 rings (SSSR count). The second-order valence-corrected chi connectivity index (χ2v) is 3.86. The first-order chi connectivity index (χ1) is 6.79. The maximum absolute atomic E-state index is 8.71.